The minimum absolute atomic E-state index is 0.104. The number of carboxylic acid groups (broad SMARTS) is 1. The van der Waals surface area contributed by atoms with Crippen molar-refractivity contribution in [2.24, 2.45) is 0 Å². The molecule has 0 saturated carbocycles. The average molecular weight is 289 g/mol. The highest BCUT2D eigenvalue weighted by atomic mass is 16.5. The van der Waals surface area contributed by atoms with Gasteiger partial charge in [-0.3, -0.25) is 0 Å². The molecule has 0 saturated heterocycles. The number of aromatic carboxylic acids is 1. The van der Waals surface area contributed by atoms with Gasteiger partial charge in [0, 0.05) is 18.4 Å². The molecule has 1 aromatic heterocycles. The molecule has 0 amide bonds. The third-order valence-electron chi connectivity index (χ3n) is 3.32. The fraction of sp³-hybridized carbons (Fsp3) is 0.333. The van der Waals surface area contributed by atoms with Gasteiger partial charge >= 0.3 is 5.97 Å². The van der Waals surface area contributed by atoms with E-state index in [0.29, 0.717) is 48.2 Å². The molecule has 1 aromatic carbocycles. The summed E-state index contributed by atoms with van der Waals surface area (Å²) in [5.41, 5.74) is 1.06. The molecule has 1 aliphatic rings. The van der Waals surface area contributed by atoms with E-state index in [1.807, 2.05) is 6.92 Å². The fourth-order valence-electron chi connectivity index (χ4n) is 2.29. The maximum Gasteiger partial charge on any atom is 0.341 e. The van der Waals surface area contributed by atoms with E-state index in [0.717, 1.165) is 6.42 Å². The van der Waals surface area contributed by atoms with Crippen molar-refractivity contribution in [3.63, 3.8) is 0 Å². The molecule has 2 aromatic rings. The first-order valence-electron chi connectivity index (χ1n) is 6.82. The molecule has 0 spiro atoms. The third kappa shape index (κ3) is 2.44. The second kappa shape index (κ2) is 5.47. The van der Waals surface area contributed by atoms with E-state index in [2.05, 4.69) is 5.16 Å². The summed E-state index contributed by atoms with van der Waals surface area (Å²) in [7, 11) is 0. The largest absolute Gasteiger partial charge is 0.490 e. The number of hydrogen-bond donors (Lipinski definition) is 1. The average Bonchev–Trinajstić information content (AvgIpc) is 2.78. The summed E-state index contributed by atoms with van der Waals surface area (Å²) >= 11 is 0. The number of fused-ring (bicyclic) bond motifs is 1. The van der Waals surface area contributed by atoms with Gasteiger partial charge in [-0.2, -0.15) is 0 Å². The summed E-state index contributed by atoms with van der Waals surface area (Å²) < 4.78 is 16.3. The Kier molecular flexibility index (Phi) is 3.51. The van der Waals surface area contributed by atoms with E-state index in [1.165, 1.54) is 0 Å². The van der Waals surface area contributed by atoms with Gasteiger partial charge in [-0.1, -0.05) is 12.1 Å². The number of nitrogens with zero attached hydrogens (tertiary/aromatic N) is 1. The quantitative estimate of drug-likeness (QED) is 0.935. The maximum atomic E-state index is 11.4. The summed E-state index contributed by atoms with van der Waals surface area (Å²) in [6.45, 7) is 3.00. The summed E-state index contributed by atoms with van der Waals surface area (Å²) in [5, 5.41) is 13.3. The number of aromatic nitrogens is 1. The standard InChI is InChI=1S/C15H15NO5/c1-2-10-13(15(17)18)14(16-21-10)9-4-5-11-12(8-9)20-7-3-6-19-11/h4-5,8H,2-3,6-7H2,1H3,(H,17,18). The maximum absolute atomic E-state index is 11.4. The van der Waals surface area contributed by atoms with Crippen LogP contribution in [0.15, 0.2) is 22.7 Å². The van der Waals surface area contributed by atoms with Crippen molar-refractivity contribution < 1.29 is 23.9 Å². The van der Waals surface area contributed by atoms with Crippen molar-refractivity contribution in [2.45, 2.75) is 19.8 Å². The highest BCUT2D eigenvalue weighted by molar-refractivity contribution is 5.96. The molecule has 1 aliphatic heterocycles. The predicted molar refractivity (Wildman–Crippen MR) is 73.9 cm³/mol. The molecule has 0 unspecified atom stereocenters. The van der Waals surface area contributed by atoms with Crippen LogP contribution in [0.4, 0.5) is 0 Å². The van der Waals surface area contributed by atoms with Gasteiger partial charge in [0.15, 0.2) is 17.3 Å². The SMILES string of the molecule is CCc1onc(-c2ccc3c(c2)OCCCO3)c1C(=O)O. The number of carbonyl (C=O) groups is 1. The van der Waals surface area contributed by atoms with Crippen molar-refractivity contribution >= 4 is 5.97 Å². The highest BCUT2D eigenvalue weighted by Gasteiger charge is 2.23. The van der Waals surface area contributed by atoms with Crippen LogP contribution in [-0.4, -0.2) is 29.4 Å². The Bertz CT molecular complexity index is 677. The van der Waals surface area contributed by atoms with Crippen LogP contribution in [0.5, 0.6) is 11.5 Å². The molecule has 0 atom stereocenters. The van der Waals surface area contributed by atoms with Gasteiger partial charge in [0.2, 0.25) is 0 Å². The Morgan fingerprint density at radius 2 is 2.05 bits per heavy atom. The Hall–Kier alpha value is -2.50. The Balaban J connectivity index is 2.07. The Morgan fingerprint density at radius 1 is 1.29 bits per heavy atom. The van der Waals surface area contributed by atoms with Crippen LogP contribution in [0.3, 0.4) is 0 Å². The summed E-state index contributed by atoms with van der Waals surface area (Å²) in [5.74, 6) is 0.578. The van der Waals surface area contributed by atoms with Crippen LogP contribution in [0.25, 0.3) is 11.3 Å². The van der Waals surface area contributed by atoms with Gasteiger partial charge in [-0.15, -0.1) is 0 Å². The lowest BCUT2D eigenvalue weighted by atomic mass is 10.0. The molecule has 6 heteroatoms. The zero-order chi connectivity index (χ0) is 14.8. The van der Waals surface area contributed by atoms with Crippen molar-refractivity contribution in [2.75, 3.05) is 13.2 Å². The van der Waals surface area contributed by atoms with Crippen LogP contribution >= 0.6 is 0 Å². The van der Waals surface area contributed by atoms with E-state index in [-0.39, 0.29) is 5.56 Å². The molecule has 1 N–H and O–H groups in total. The second-order valence-electron chi connectivity index (χ2n) is 4.70. The molecular formula is C15H15NO5. The van der Waals surface area contributed by atoms with Crippen LogP contribution < -0.4 is 9.47 Å². The first-order valence-corrected chi connectivity index (χ1v) is 6.82. The monoisotopic (exact) mass is 289 g/mol. The van der Waals surface area contributed by atoms with E-state index in [4.69, 9.17) is 14.0 Å². The van der Waals surface area contributed by atoms with Gasteiger partial charge in [-0.25, -0.2) is 4.79 Å². The number of aryl methyl sites for hydroxylation is 1. The van der Waals surface area contributed by atoms with Gasteiger partial charge < -0.3 is 19.1 Å². The van der Waals surface area contributed by atoms with Crippen molar-refractivity contribution in [1.82, 2.24) is 5.16 Å². The van der Waals surface area contributed by atoms with Gasteiger partial charge in [0.25, 0.3) is 0 Å². The fourth-order valence-corrected chi connectivity index (χ4v) is 2.29. The molecule has 0 aliphatic carbocycles. The van der Waals surface area contributed by atoms with Gasteiger partial charge in [-0.05, 0) is 18.2 Å². The molecule has 2 heterocycles. The van der Waals surface area contributed by atoms with Crippen molar-refractivity contribution in [3.05, 3.63) is 29.5 Å². The number of benzene rings is 1. The smallest absolute Gasteiger partial charge is 0.341 e. The topological polar surface area (TPSA) is 81.8 Å². The zero-order valence-electron chi connectivity index (χ0n) is 11.6. The van der Waals surface area contributed by atoms with E-state index in [1.54, 1.807) is 18.2 Å². The number of ether oxygens (including phenoxy) is 2. The van der Waals surface area contributed by atoms with Crippen molar-refractivity contribution in [1.29, 1.82) is 0 Å². The zero-order valence-corrected chi connectivity index (χ0v) is 11.6. The van der Waals surface area contributed by atoms with Crippen molar-refractivity contribution in [3.8, 4) is 22.8 Å². The molecule has 0 radical (unpaired) electrons. The summed E-state index contributed by atoms with van der Waals surface area (Å²) in [4.78, 5) is 11.4. The number of hydrogen-bond acceptors (Lipinski definition) is 5. The molecule has 6 nitrogen and oxygen atoms in total. The Morgan fingerprint density at radius 3 is 2.76 bits per heavy atom. The summed E-state index contributed by atoms with van der Waals surface area (Å²) in [6.07, 6.45) is 1.29. The lowest BCUT2D eigenvalue weighted by molar-refractivity contribution is 0.0695. The van der Waals surface area contributed by atoms with Crippen LogP contribution in [0, 0.1) is 0 Å². The highest BCUT2D eigenvalue weighted by Crippen LogP contribution is 2.35. The molecule has 0 fully saturated rings. The third-order valence-corrected chi connectivity index (χ3v) is 3.32. The molecule has 3 rings (SSSR count). The Labute approximate surface area is 121 Å². The molecular weight excluding hydrogens is 274 g/mol. The molecule has 21 heavy (non-hydrogen) atoms. The van der Waals surface area contributed by atoms with E-state index in [9.17, 15) is 9.90 Å². The lowest BCUT2D eigenvalue weighted by Crippen LogP contribution is -2.01. The minimum Gasteiger partial charge on any atom is -0.490 e. The minimum atomic E-state index is -1.05. The van der Waals surface area contributed by atoms with Gasteiger partial charge in [0.1, 0.15) is 11.3 Å². The predicted octanol–water partition coefficient (Wildman–Crippen LogP) is 2.76. The van der Waals surface area contributed by atoms with E-state index < -0.39 is 5.97 Å². The second-order valence-corrected chi connectivity index (χ2v) is 4.70. The summed E-state index contributed by atoms with van der Waals surface area (Å²) in [6, 6.07) is 5.27. The first-order chi connectivity index (χ1) is 10.2. The van der Waals surface area contributed by atoms with E-state index >= 15 is 0 Å². The number of carboxylic acids is 1. The first kappa shape index (κ1) is 13.5. The molecule has 110 valence electrons. The molecule has 0 bridgehead atoms. The number of rotatable bonds is 3. The normalized spacial score (nSPS) is 13.8. The van der Waals surface area contributed by atoms with Crippen LogP contribution in [-0.2, 0) is 6.42 Å². The lowest BCUT2D eigenvalue weighted by Gasteiger charge is -2.08. The van der Waals surface area contributed by atoms with Gasteiger partial charge in [0.05, 0.1) is 13.2 Å². The van der Waals surface area contributed by atoms with Crippen LogP contribution in [0.2, 0.25) is 0 Å². The van der Waals surface area contributed by atoms with Crippen LogP contribution in [0.1, 0.15) is 29.5 Å².